The number of amides is 8. The Bertz CT molecular complexity index is 1450. The molecule has 0 aromatic rings. The average molecular weight is 804 g/mol. The maximum atomic E-state index is 14.2. The summed E-state index contributed by atoms with van der Waals surface area (Å²) in [6, 6.07) is -6.69. The van der Waals surface area contributed by atoms with Crippen LogP contribution in [-0.2, 0) is 38.4 Å². The van der Waals surface area contributed by atoms with Gasteiger partial charge in [0, 0.05) is 26.6 Å². The van der Waals surface area contributed by atoms with E-state index in [-0.39, 0.29) is 36.1 Å². The van der Waals surface area contributed by atoms with E-state index in [0.717, 1.165) is 25.7 Å². The molecule has 322 valence electrons. The van der Waals surface area contributed by atoms with Crippen molar-refractivity contribution in [3.8, 4) is 0 Å². The summed E-state index contributed by atoms with van der Waals surface area (Å²) in [4.78, 5) is 109. The zero-order valence-electron chi connectivity index (χ0n) is 35.1. The molecule has 2 heterocycles. The number of hydrogen-bond donors (Lipinski definition) is 7. The second-order valence-corrected chi connectivity index (χ2v) is 17.3. The van der Waals surface area contributed by atoms with Crippen LogP contribution >= 0.6 is 0 Å². The SMILES string of the molecule is CC(=O)N[C@@H](CC(C)C)C(=O)N1CCC[C@H]1C(=O)N[C@H](C(=O)N[C@@H](CN)C(=O)N[C@@H](CC1CCCC1)C(=O)N1CCC[C@H]1C(=O)N[C@@H](CC(C)C)C(N)=O)C(C)C. The molecule has 3 rings (SSSR count). The van der Waals surface area contributed by atoms with Crippen LogP contribution in [0.3, 0.4) is 0 Å². The molecule has 0 bridgehead atoms. The molecule has 1 saturated carbocycles. The summed E-state index contributed by atoms with van der Waals surface area (Å²) in [5, 5.41) is 13.7. The third-order valence-corrected chi connectivity index (χ3v) is 11.2. The number of carbonyl (C=O) groups excluding carboxylic acids is 8. The second kappa shape index (κ2) is 22.0. The Morgan fingerprint density at radius 3 is 1.56 bits per heavy atom. The molecule has 17 nitrogen and oxygen atoms in total. The van der Waals surface area contributed by atoms with Gasteiger partial charge in [0.15, 0.2) is 0 Å². The highest BCUT2D eigenvalue weighted by atomic mass is 16.2. The standard InChI is InChI=1S/C40H69N9O8/c1-22(2)18-27(34(42)51)44-36(53)31-14-10-16-48(31)40(57)29(20-26-12-8-9-13-26)45-35(52)30(21-41)46-38(55)33(24(5)6)47-37(54)32-15-11-17-49(32)39(56)28(19-23(3)4)43-25(7)50/h22-24,26-33H,8-21,41H2,1-7H3,(H2,42,51)(H,43,50)(H,44,53)(H,45,52)(H,46,55)(H,47,54)/t27-,28-,29-,30-,31-,32-,33-/m0/s1. The predicted octanol–water partition coefficient (Wildman–Crippen LogP) is 0.185. The van der Waals surface area contributed by atoms with E-state index in [1.165, 1.54) is 16.7 Å². The number of rotatable bonds is 20. The summed E-state index contributed by atoms with van der Waals surface area (Å²) in [5.74, 6) is -4.15. The molecule has 8 amide bonds. The maximum absolute atomic E-state index is 14.2. The van der Waals surface area contributed by atoms with E-state index in [4.69, 9.17) is 11.5 Å². The van der Waals surface area contributed by atoms with Crippen LogP contribution in [0.4, 0.5) is 0 Å². The lowest BCUT2D eigenvalue weighted by Gasteiger charge is -2.32. The van der Waals surface area contributed by atoms with Crippen LogP contribution in [0, 0.1) is 23.7 Å². The molecule has 1 aliphatic carbocycles. The van der Waals surface area contributed by atoms with Gasteiger partial charge in [-0.3, -0.25) is 38.4 Å². The fourth-order valence-electron chi connectivity index (χ4n) is 8.28. The van der Waals surface area contributed by atoms with Gasteiger partial charge in [-0.25, -0.2) is 0 Å². The number of primary amides is 1. The first-order valence-electron chi connectivity index (χ1n) is 20.9. The van der Waals surface area contributed by atoms with Gasteiger partial charge in [-0.05, 0) is 68.6 Å². The fourth-order valence-corrected chi connectivity index (χ4v) is 8.28. The normalized spacial score (nSPS) is 21.2. The van der Waals surface area contributed by atoms with Gasteiger partial charge in [0.1, 0.15) is 42.3 Å². The maximum Gasteiger partial charge on any atom is 0.245 e. The molecule has 9 N–H and O–H groups in total. The van der Waals surface area contributed by atoms with Crippen LogP contribution in [0.5, 0.6) is 0 Å². The summed E-state index contributed by atoms with van der Waals surface area (Å²) in [6.45, 7) is 12.8. The number of nitrogens with one attached hydrogen (secondary N) is 5. The van der Waals surface area contributed by atoms with Crippen LogP contribution in [-0.4, -0.2) is 119 Å². The van der Waals surface area contributed by atoms with E-state index in [9.17, 15) is 38.4 Å². The van der Waals surface area contributed by atoms with Crippen molar-refractivity contribution in [3.05, 3.63) is 0 Å². The first kappa shape index (κ1) is 47.1. The average Bonchev–Trinajstić information content (AvgIpc) is 3.93. The van der Waals surface area contributed by atoms with Crippen LogP contribution in [0.1, 0.15) is 119 Å². The number of carbonyl (C=O) groups is 8. The fraction of sp³-hybridized carbons (Fsp3) is 0.800. The molecule has 3 aliphatic rings. The number of hydrogen-bond acceptors (Lipinski definition) is 9. The van der Waals surface area contributed by atoms with Gasteiger partial charge < -0.3 is 47.9 Å². The highest BCUT2D eigenvalue weighted by Gasteiger charge is 2.42. The molecule has 2 saturated heterocycles. The van der Waals surface area contributed by atoms with E-state index in [2.05, 4.69) is 26.6 Å². The van der Waals surface area contributed by atoms with Gasteiger partial charge in [0.05, 0.1) is 0 Å². The minimum Gasteiger partial charge on any atom is -0.368 e. The zero-order valence-corrected chi connectivity index (χ0v) is 35.1. The van der Waals surface area contributed by atoms with Crippen molar-refractivity contribution in [1.82, 2.24) is 36.4 Å². The second-order valence-electron chi connectivity index (χ2n) is 17.3. The lowest BCUT2D eigenvalue weighted by molar-refractivity contribution is -0.143. The van der Waals surface area contributed by atoms with Crippen molar-refractivity contribution in [2.75, 3.05) is 19.6 Å². The smallest absolute Gasteiger partial charge is 0.245 e. The van der Waals surface area contributed by atoms with Crippen LogP contribution < -0.4 is 38.1 Å². The van der Waals surface area contributed by atoms with Crippen molar-refractivity contribution in [3.63, 3.8) is 0 Å². The lowest BCUT2D eigenvalue weighted by atomic mass is 9.96. The van der Waals surface area contributed by atoms with Crippen LogP contribution in [0.25, 0.3) is 0 Å². The number of nitrogens with zero attached hydrogens (tertiary/aromatic N) is 2. The Morgan fingerprint density at radius 1 is 0.596 bits per heavy atom. The van der Waals surface area contributed by atoms with E-state index < -0.39 is 83.7 Å². The Balaban J connectivity index is 1.73. The van der Waals surface area contributed by atoms with E-state index >= 15 is 0 Å². The van der Waals surface area contributed by atoms with Gasteiger partial charge in [-0.1, -0.05) is 67.2 Å². The lowest BCUT2D eigenvalue weighted by Crippen LogP contribution is -2.61. The molecule has 0 aromatic heterocycles. The Labute approximate surface area is 337 Å². The Kier molecular flexibility index (Phi) is 18.2. The monoisotopic (exact) mass is 804 g/mol. The minimum absolute atomic E-state index is 0.0937. The van der Waals surface area contributed by atoms with Crippen molar-refractivity contribution in [1.29, 1.82) is 0 Å². The van der Waals surface area contributed by atoms with Gasteiger partial charge in [0.25, 0.3) is 0 Å². The van der Waals surface area contributed by atoms with Crippen molar-refractivity contribution < 1.29 is 38.4 Å². The first-order chi connectivity index (χ1) is 26.8. The summed E-state index contributed by atoms with van der Waals surface area (Å²) in [6.07, 6.45) is 6.79. The topological polar surface area (TPSA) is 255 Å². The van der Waals surface area contributed by atoms with Gasteiger partial charge in [0.2, 0.25) is 47.3 Å². The predicted molar refractivity (Wildman–Crippen MR) is 213 cm³/mol. The molecular formula is C40H69N9O8. The van der Waals surface area contributed by atoms with Gasteiger partial charge >= 0.3 is 0 Å². The summed E-state index contributed by atoms with van der Waals surface area (Å²) >= 11 is 0. The molecular weight excluding hydrogens is 734 g/mol. The minimum atomic E-state index is -1.25. The van der Waals surface area contributed by atoms with Crippen molar-refractivity contribution in [2.24, 2.45) is 35.1 Å². The first-order valence-corrected chi connectivity index (χ1v) is 20.9. The molecule has 57 heavy (non-hydrogen) atoms. The van der Waals surface area contributed by atoms with E-state index in [1.807, 2.05) is 27.7 Å². The van der Waals surface area contributed by atoms with E-state index in [1.54, 1.807) is 13.8 Å². The summed E-state index contributed by atoms with van der Waals surface area (Å²) in [5.41, 5.74) is 11.6. The molecule has 0 aromatic carbocycles. The molecule has 3 fully saturated rings. The molecule has 17 heteroatoms. The molecule has 0 unspecified atom stereocenters. The highest BCUT2D eigenvalue weighted by molar-refractivity contribution is 5.98. The number of nitrogens with two attached hydrogens (primary N) is 2. The largest absolute Gasteiger partial charge is 0.368 e. The quantitative estimate of drug-likeness (QED) is 0.0886. The molecule has 0 radical (unpaired) electrons. The van der Waals surface area contributed by atoms with Gasteiger partial charge in [-0.15, -0.1) is 0 Å². The van der Waals surface area contributed by atoms with Crippen molar-refractivity contribution >= 4 is 47.3 Å². The third kappa shape index (κ3) is 13.7. The third-order valence-electron chi connectivity index (χ3n) is 11.2. The molecule has 7 atom stereocenters. The van der Waals surface area contributed by atoms with Gasteiger partial charge in [-0.2, -0.15) is 0 Å². The highest BCUT2D eigenvalue weighted by Crippen LogP contribution is 2.30. The molecule has 0 spiro atoms. The Morgan fingerprint density at radius 2 is 1.09 bits per heavy atom. The molecule has 2 aliphatic heterocycles. The zero-order chi connectivity index (χ0) is 42.6. The number of likely N-dealkylation sites (tertiary alicyclic amines) is 2. The van der Waals surface area contributed by atoms with Crippen LogP contribution in [0.2, 0.25) is 0 Å². The van der Waals surface area contributed by atoms with E-state index in [0.29, 0.717) is 58.0 Å². The van der Waals surface area contributed by atoms with Crippen LogP contribution in [0.15, 0.2) is 0 Å². The Hall–Kier alpha value is -4.28. The summed E-state index contributed by atoms with van der Waals surface area (Å²) < 4.78 is 0. The van der Waals surface area contributed by atoms with Crippen molar-refractivity contribution in [2.45, 2.75) is 161 Å². The summed E-state index contributed by atoms with van der Waals surface area (Å²) in [7, 11) is 0.